The van der Waals surface area contributed by atoms with Crippen molar-refractivity contribution < 1.29 is 9.18 Å². The second-order valence-corrected chi connectivity index (χ2v) is 6.86. The van der Waals surface area contributed by atoms with E-state index in [1.165, 1.54) is 18.2 Å². The molecule has 0 radical (unpaired) electrons. The Kier molecular flexibility index (Phi) is 4.72. The van der Waals surface area contributed by atoms with Gasteiger partial charge in [0, 0.05) is 10.5 Å². The summed E-state index contributed by atoms with van der Waals surface area (Å²) in [5.41, 5.74) is 4.07. The fourth-order valence-electron chi connectivity index (χ4n) is 2.71. The number of nitrogens with zero attached hydrogens (tertiary/aromatic N) is 2. The molecule has 1 aromatic heterocycles. The van der Waals surface area contributed by atoms with Gasteiger partial charge in [0.05, 0.1) is 16.9 Å². The van der Waals surface area contributed by atoms with Crippen LogP contribution in [0.3, 0.4) is 0 Å². The third kappa shape index (κ3) is 3.79. The van der Waals surface area contributed by atoms with Gasteiger partial charge in [0.2, 0.25) is 0 Å². The summed E-state index contributed by atoms with van der Waals surface area (Å²) in [7, 11) is 0. The lowest BCUT2D eigenvalue weighted by molar-refractivity contribution is 0.102. The van der Waals surface area contributed by atoms with Crippen LogP contribution in [0.25, 0.3) is 5.69 Å². The van der Waals surface area contributed by atoms with Crippen molar-refractivity contribution in [3.8, 4) is 5.69 Å². The number of aromatic nitrogens is 2. The standard InChI is InChI=1S/C19H17BrFN3O/c1-11-6-12(2)8-15(7-11)24-18(9-13(3)23-24)22-19(25)16-10-14(21)4-5-17(16)20/h4-10H,1-3H3,(H,22,25). The number of hydrogen-bond acceptors (Lipinski definition) is 2. The Morgan fingerprint density at radius 1 is 1.08 bits per heavy atom. The first-order chi connectivity index (χ1) is 11.8. The molecule has 2 aromatic carbocycles. The fourth-order valence-corrected chi connectivity index (χ4v) is 3.14. The van der Waals surface area contributed by atoms with Crippen LogP contribution in [-0.2, 0) is 0 Å². The number of anilines is 1. The number of aryl methyl sites for hydroxylation is 3. The van der Waals surface area contributed by atoms with Crippen LogP contribution < -0.4 is 5.32 Å². The summed E-state index contributed by atoms with van der Waals surface area (Å²) in [6.07, 6.45) is 0. The first kappa shape index (κ1) is 17.4. The molecule has 3 aromatic rings. The van der Waals surface area contributed by atoms with Crippen LogP contribution in [0.5, 0.6) is 0 Å². The van der Waals surface area contributed by atoms with E-state index in [9.17, 15) is 9.18 Å². The highest BCUT2D eigenvalue weighted by atomic mass is 79.9. The van der Waals surface area contributed by atoms with Crippen LogP contribution in [0.15, 0.2) is 46.9 Å². The number of carbonyl (C=O) groups excluding carboxylic acids is 1. The summed E-state index contributed by atoms with van der Waals surface area (Å²) in [6.45, 7) is 5.87. The smallest absolute Gasteiger partial charge is 0.258 e. The van der Waals surface area contributed by atoms with Gasteiger partial charge in [-0.15, -0.1) is 0 Å². The van der Waals surface area contributed by atoms with Crippen molar-refractivity contribution in [3.05, 3.63) is 75.1 Å². The minimum atomic E-state index is -0.465. The van der Waals surface area contributed by atoms with Crippen molar-refractivity contribution in [2.24, 2.45) is 0 Å². The third-order valence-corrected chi connectivity index (χ3v) is 4.39. The first-order valence-corrected chi connectivity index (χ1v) is 8.54. The number of halogens is 2. The van der Waals surface area contributed by atoms with Gasteiger partial charge >= 0.3 is 0 Å². The van der Waals surface area contributed by atoms with E-state index in [2.05, 4.69) is 32.4 Å². The summed E-state index contributed by atoms with van der Waals surface area (Å²) in [5.74, 6) is -0.340. The van der Waals surface area contributed by atoms with E-state index in [0.29, 0.717) is 10.3 Å². The molecule has 4 nitrogen and oxygen atoms in total. The Morgan fingerprint density at radius 2 is 1.76 bits per heavy atom. The average Bonchev–Trinajstić information content (AvgIpc) is 2.89. The average molecular weight is 402 g/mol. The second-order valence-electron chi connectivity index (χ2n) is 6.01. The van der Waals surface area contributed by atoms with Crippen LogP contribution >= 0.6 is 15.9 Å². The maximum Gasteiger partial charge on any atom is 0.258 e. The van der Waals surface area contributed by atoms with Crippen LogP contribution in [0.1, 0.15) is 27.2 Å². The van der Waals surface area contributed by atoms with Gasteiger partial charge in [-0.3, -0.25) is 4.79 Å². The topological polar surface area (TPSA) is 46.9 Å². The van der Waals surface area contributed by atoms with Gasteiger partial charge in [-0.25, -0.2) is 9.07 Å². The van der Waals surface area contributed by atoms with Crippen molar-refractivity contribution in [3.63, 3.8) is 0 Å². The highest BCUT2D eigenvalue weighted by Crippen LogP contribution is 2.23. The van der Waals surface area contributed by atoms with E-state index in [1.807, 2.05) is 32.9 Å². The molecule has 1 heterocycles. The van der Waals surface area contributed by atoms with E-state index in [0.717, 1.165) is 22.5 Å². The van der Waals surface area contributed by atoms with Gasteiger partial charge in [-0.2, -0.15) is 5.10 Å². The summed E-state index contributed by atoms with van der Waals surface area (Å²) < 4.78 is 15.7. The lowest BCUT2D eigenvalue weighted by atomic mass is 10.1. The minimum absolute atomic E-state index is 0.228. The van der Waals surface area contributed by atoms with Gasteiger partial charge < -0.3 is 5.32 Å². The molecular weight excluding hydrogens is 385 g/mol. The lowest BCUT2D eigenvalue weighted by Crippen LogP contribution is -2.16. The maximum absolute atomic E-state index is 13.5. The molecule has 25 heavy (non-hydrogen) atoms. The number of benzene rings is 2. The zero-order valence-electron chi connectivity index (χ0n) is 14.1. The molecule has 6 heteroatoms. The van der Waals surface area contributed by atoms with Crippen molar-refractivity contribution in [2.75, 3.05) is 5.32 Å². The Labute approximate surface area is 153 Å². The molecule has 1 N–H and O–H groups in total. The van der Waals surface area contributed by atoms with E-state index in [-0.39, 0.29) is 5.56 Å². The summed E-state index contributed by atoms with van der Waals surface area (Å²) in [4.78, 5) is 12.6. The normalized spacial score (nSPS) is 10.8. The van der Waals surface area contributed by atoms with Crippen LogP contribution in [0.4, 0.5) is 10.2 Å². The highest BCUT2D eigenvalue weighted by Gasteiger charge is 2.15. The quantitative estimate of drug-likeness (QED) is 0.674. The highest BCUT2D eigenvalue weighted by molar-refractivity contribution is 9.10. The molecule has 0 unspecified atom stereocenters. The Hall–Kier alpha value is -2.47. The monoisotopic (exact) mass is 401 g/mol. The van der Waals surface area contributed by atoms with E-state index in [1.54, 1.807) is 10.7 Å². The van der Waals surface area contributed by atoms with Crippen molar-refractivity contribution >= 4 is 27.7 Å². The Bertz CT molecular complexity index is 945. The van der Waals surface area contributed by atoms with Gasteiger partial charge in [-0.05, 0) is 78.2 Å². The number of nitrogens with one attached hydrogen (secondary N) is 1. The molecule has 0 aliphatic rings. The van der Waals surface area contributed by atoms with E-state index >= 15 is 0 Å². The predicted molar refractivity (Wildman–Crippen MR) is 99.8 cm³/mol. The molecular formula is C19H17BrFN3O. The third-order valence-electron chi connectivity index (χ3n) is 3.70. The maximum atomic E-state index is 13.5. The molecule has 0 aliphatic heterocycles. The molecule has 0 aliphatic carbocycles. The first-order valence-electron chi connectivity index (χ1n) is 7.75. The van der Waals surface area contributed by atoms with Crippen molar-refractivity contribution in [1.29, 1.82) is 0 Å². The number of rotatable bonds is 3. The SMILES string of the molecule is Cc1cc(C)cc(-n2nc(C)cc2NC(=O)c2cc(F)ccc2Br)c1. The largest absolute Gasteiger partial charge is 0.306 e. The summed E-state index contributed by atoms with van der Waals surface area (Å²) in [6, 6.07) is 11.8. The molecule has 0 saturated heterocycles. The minimum Gasteiger partial charge on any atom is -0.306 e. The molecule has 0 fully saturated rings. The second kappa shape index (κ2) is 6.80. The van der Waals surface area contributed by atoms with Gasteiger partial charge in [0.25, 0.3) is 5.91 Å². The van der Waals surface area contributed by atoms with Crippen molar-refractivity contribution in [2.45, 2.75) is 20.8 Å². The van der Waals surface area contributed by atoms with Gasteiger partial charge in [-0.1, -0.05) is 6.07 Å². The number of hydrogen-bond donors (Lipinski definition) is 1. The predicted octanol–water partition coefficient (Wildman–Crippen LogP) is 4.95. The van der Waals surface area contributed by atoms with E-state index < -0.39 is 11.7 Å². The molecule has 1 amide bonds. The lowest BCUT2D eigenvalue weighted by Gasteiger charge is -2.11. The molecule has 0 bridgehead atoms. The van der Waals surface area contributed by atoms with Gasteiger partial charge in [0.1, 0.15) is 11.6 Å². The molecule has 128 valence electrons. The molecule has 0 atom stereocenters. The van der Waals surface area contributed by atoms with Gasteiger partial charge in [0.15, 0.2) is 0 Å². The molecule has 0 spiro atoms. The summed E-state index contributed by atoms with van der Waals surface area (Å²) in [5, 5.41) is 7.28. The van der Waals surface area contributed by atoms with Crippen molar-refractivity contribution in [1.82, 2.24) is 9.78 Å². The van der Waals surface area contributed by atoms with Crippen LogP contribution in [0, 0.1) is 26.6 Å². The zero-order chi connectivity index (χ0) is 18.1. The van der Waals surface area contributed by atoms with Crippen LogP contribution in [-0.4, -0.2) is 15.7 Å². The number of amides is 1. The number of carbonyl (C=O) groups is 1. The zero-order valence-corrected chi connectivity index (χ0v) is 15.7. The Morgan fingerprint density at radius 3 is 2.44 bits per heavy atom. The fraction of sp³-hybridized carbons (Fsp3) is 0.158. The van der Waals surface area contributed by atoms with E-state index in [4.69, 9.17) is 0 Å². The summed E-state index contributed by atoms with van der Waals surface area (Å²) >= 11 is 3.28. The molecule has 3 rings (SSSR count). The van der Waals surface area contributed by atoms with Crippen LogP contribution in [0.2, 0.25) is 0 Å². The molecule has 0 saturated carbocycles. The Balaban J connectivity index is 1.99.